The molecule has 7 aromatic rings. The van der Waals surface area contributed by atoms with Crippen molar-refractivity contribution < 1.29 is 0 Å². The third kappa shape index (κ3) is 4.79. The van der Waals surface area contributed by atoms with E-state index < -0.39 is 0 Å². The number of fused-ring (bicyclic) bond motifs is 3. The molecule has 0 bridgehead atoms. The molecule has 0 aromatic heterocycles. The zero-order chi connectivity index (χ0) is 29.6. The highest BCUT2D eigenvalue weighted by Gasteiger charge is 2.23. The first-order valence-electron chi connectivity index (χ1n) is 15.0. The Morgan fingerprint density at radius 2 is 1.34 bits per heavy atom. The second-order valence-corrected chi connectivity index (χ2v) is 12.0. The molecule has 0 aliphatic carbocycles. The van der Waals surface area contributed by atoms with Crippen molar-refractivity contribution in [3.63, 3.8) is 0 Å². The summed E-state index contributed by atoms with van der Waals surface area (Å²) in [7, 11) is 0. The monoisotopic (exact) mass is 585 g/mol. The fourth-order valence-electron chi connectivity index (χ4n) is 6.57. The van der Waals surface area contributed by atoms with Crippen molar-refractivity contribution in [2.45, 2.75) is 17.5 Å². The van der Waals surface area contributed by atoms with Gasteiger partial charge in [0.05, 0.1) is 6.17 Å². The Hall–Kier alpha value is -5.03. The molecule has 0 spiro atoms. The van der Waals surface area contributed by atoms with Gasteiger partial charge in [0.2, 0.25) is 0 Å². The molecule has 1 aliphatic heterocycles. The van der Waals surface area contributed by atoms with Crippen LogP contribution < -0.4 is 16.4 Å². The maximum Gasteiger partial charge on any atom is 0.0785 e. The summed E-state index contributed by atoms with van der Waals surface area (Å²) in [6.45, 7) is 0. The Labute approximate surface area is 262 Å². The first-order valence-corrected chi connectivity index (χ1v) is 15.4. The van der Waals surface area contributed by atoms with Gasteiger partial charge in [0.1, 0.15) is 0 Å². The smallest absolute Gasteiger partial charge is 0.0785 e. The van der Waals surface area contributed by atoms with Gasteiger partial charge in [0, 0.05) is 39.5 Å². The fraction of sp³-hybridized carbons (Fsp3) is 0.0500. The minimum absolute atomic E-state index is 0.104. The van der Waals surface area contributed by atoms with Crippen LogP contribution in [0, 0.1) is 0 Å². The van der Waals surface area contributed by atoms with Crippen LogP contribution in [-0.2, 0) is 6.42 Å². The molecule has 0 saturated carbocycles. The van der Waals surface area contributed by atoms with Crippen molar-refractivity contribution in [3.8, 4) is 33.4 Å². The summed E-state index contributed by atoms with van der Waals surface area (Å²) in [6.07, 6.45) is 0.675. The van der Waals surface area contributed by atoms with E-state index in [1.165, 1.54) is 38.2 Å². The number of thiol groups is 1. The molecule has 4 heteroatoms. The molecule has 212 valence electrons. The highest BCUT2D eigenvalue weighted by atomic mass is 32.1. The molecule has 1 aliphatic rings. The largest absolute Gasteiger partial charge is 0.369 e. The van der Waals surface area contributed by atoms with Gasteiger partial charge in [-0.3, -0.25) is 0 Å². The standard InChI is InChI=1S/C40H31N3S/c41-38-23-31-22-32(24-35(40(31)43-38)29-17-16-25-8-1-2-10-27(25)20-29)42-36-19-18-26-9-3-4-14-34(26)39(36)30-12-7-11-28(21-30)33-13-5-6-15-37(33)44/h1-22,24,38,42-44H,23,41H2/t38-/m0/s1. The van der Waals surface area contributed by atoms with Crippen LogP contribution >= 0.6 is 12.6 Å². The van der Waals surface area contributed by atoms with Crippen molar-refractivity contribution in [1.29, 1.82) is 0 Å². The molecule has 0 unspecified atom stereocenters. The van der Waals surface area contributed by atoms with Gasteiger partial charge >= 0.3 is 0 Å². The third-order valence-corrected chi connectivity index (χ3v) is 9.01. The molecular formula is C40H31N3S. The molecule has 8 rings (SSSR count). The van der Waals surface area contributed by atoms with E-state index in [1.807, 2.05) is 12.1 Å². The summed E-state index contributed by atoms with van der Waals surface area (Å²) in [5, 5.41) is 12.2. The summed E-state index contributed by atoms with van der Waals surface area (Å²) in [5.74, 6) is 0. The number of hydrogen-bond acceptors (Lipinski definition) is 4. The van der Waals surface area contributed by atoms with Gasteiger partial charge in [-0.15, -0.1) is 12.6 Å². The number of nitrogens with one attached hydrogen (secondary N) is 2. The lowest BCUT2D eigenvalue weighted by atomic mass is 9.93. The van der Waals surface area contributed by atoms with Crippen molar-refractivity contribution in [1.82, 2.24) is 0 Å². The van der Waals surface area contributed by atoms with Crippen molar-refractivity contribution in [2.75, 3.05) is 10.6 Å². The minimum atomic E-state index is -0.104. The summed E-state index contributed by atoms with van der Waals surface area (Å²) >= 11 is 4.75. The van der Waals surface area contributed by atoms with E-state index in [-0.39, 0.29) is 6.17 Å². The van der Waals surface area contributed by atoms with Gasteiger partial charge in [-0.1, -0.05) is 103 Å². The second kappa shape index (κ2) is 10.9. The zero-order valence-electron chi connectivity index (χ0n) is 24.1. The zero-order valence-corrected chi connectivity index (χ0v) is 25.0. The third-order valence-electron chi connectivity index (χ3n) is 8.62. The summed E-state index contributed by atoms with van der Waals surface area (Å²) in [4.78, 5) is 0.965. The summed E-state index contributed by atoms with van der Waals surface area (Å²) < 4.78 is 0. The Morgan fingerprint density at radius 1 is 0.614 bits per heavy atom. The molecular weight excluding hydrogens is 555 g/mol. The normalized spacial score (nSPS) is 14.0. The Kier molecular flexibility index (Phi) is 6.59. The number of hydrogen-bond donors (Lipinski definition) is 4. The van der Waals surface area contributed by atoms with Crippen LogP contribution in [0.4, 0.5) is 17.1 Å². The van der Waals surface area contributed by atoms with Crippen molar-refractivity contribution in [3.05, 3.63) is 145 Å². The molecule has 1 atom stereocenters. The minimum Gasteiger partial charge on any atom is -0.369 e. The van der Waals surface area contributed by atoms with E-state index in [0.29, 0.717) is 0 Å². The molecule has 1 heterocycles. The van der Waals surface area contributed by atoms with Gasteiger partial charge in [0.25, 0.3) is 0 Å². The molecule has 4 N–H and O–H groups in total. The molecule has 7 aromatic carbocycles. The van der Waals surface area contributed by atoms with Gasteiger partial charge in [-0.25, -0.2) is 0 Å². The van der Waals surface area contributed by atoms with Crippen LogP contribution in [0.2, 0.25) is 0 Å². The maximum absolute atomic E-state index is 6.42. The lowest BCUT2D eigenvalue weighted by Gasteiger charge is -2.19. The molecule has 0 fully saturated rings. The molecule has 44 heavy (non-hydrogen) atoms. The van der Waals surface area contributed by atoms with Gasteiger partial charge in [-0.05, 0) is 85.8 Å². The molecule has 3 nitrogen and oxygen atoms in total. The Bertz CT molecular complexity index is 2200. The van der Waals surface area contributed by atoms with E-state index in [2.05, 4.69) is 138 Å². The SMILES string of the molecule is N[C@@H]1Cc2cc(Nc3ccc4ccccc4c3-c3cccc(-c4ccccc4S)c3)cc(-c3ccc4ccccc4c3)c2N1. The van der Waals surface area contributed by atoms with Crippen molar-refractivity contribution in [2.24, 2.45) is 5.73 Å². The topological polar surface area (TPSA) is 50.1 Å². The van der Waals surface area contributed by atoms with Gasteiger partial charge < -0.3 is 16.4 Å². The van der Waals surface area contributed by atoms with E-state index in [1.54, 1.807) is 0 Å². The first kappa shape index (κ1) is 26.6. The predicted molar refractivity (Wildman–Crippen MR) is 190 cm³/mol. The Balaban J connectivity index is 1.27. The van der Waals surface area contributed by atoms with Crippen LogP contribution in [-0.4, -0.2) is 6.17 Å². The lowest BCUT2D eigenvalue weighted by Crippen LogP contribution is -2.26. The number of anilines is 3. The number of nitrogens with two attached hydrogens (primary N) is 1. The van der Waals surface area contributed by atoms with Crippen molar-refractivity contribution >= 4 is 51.2 Å². The van der Waals surface area contributed by atoms with E-state index in [0.717, 1.165) is 50.6 Å². The molecule has 0 saturated heterocycles. The van der Waals surface area contributed by atoms with Crippen LogP contribution in [0.15, 0.2) is 144 Å². The first-order chi connectivity index (χ1) is 21.6. The van der Waals surface area contributed by atoms with Crippen LogP contribution in [0.1, 0.15) is 5.56 Å². The van der Waals surface area contributed by atoms with Crippen LogP contribution in [0.5, 0.6) is 0 Å². The van der Waals surface area contributed by atoms with E-state index >= 15 is 0 Å². The van der Waals surface area contributed by atoms with Crippen LogP contribution in [0.3, 0.4) is 0 Å². The van der Waals surface area contributed by atoms with Gasteiger partial charge in [0.15, 0.2) is 0 Å². The average molecular weight is 586 g/mol. The lowest BCUT2D eigenvalue weighted by molar-refractivity contribution is 0.798. The summed E-state index contributed by atoms with van der Waals surface area (Å²) in [6, 6.07) is 49.7. The quantitative estimate of drug-likeness (QED) is 0.152. The maximum atomic E-state index is 6.42. The van der Waals surface area contributed by atoms with E-state index in [4.69, 9.17) is 18.4 Å². The number of benzene rings is 7. The number of rotatable bonds is 5. The van der Waals surface area contributed by atoms with Gasteiger partial charge in [-0.2, -0.15) is 0 Å². The fourth-order valence-corrected chi connectivity index (χ4v) is 6.86. The molecule has 0 amide bonds. The molecule has 0 radical (unpaired) electrons. The van der Waals surface area contributed by atoms with Crippen LogP contribution in [0.25, 0.3) is 54.9 Å². The highest BCUT2D eigenvalue weighted by molar-refractivity contribution is 7.80. The summed E-state index contributed by atoms with van der Waals surface area (Å²) in [5.41, 5.74) is 17.8. The Morgan fingerprint density at radius 3 is 2.23 bits per heavy atom. The average Bonchev–Trinajstić information content (AvgIpc) is 3.44. The second-order valence-electron chi connectivity index (χ2n) is 11.5. The predicted octanol–water partition coefficient (Wildman–Crippen LogP) is 10.3. The highest BCUT2D eigenvalue weighted by Crippen LogP contribution is 2.43. The van der Waals surface area contributed by atoms with E-state index in [9.17, 15) is 0 Å².